The molecule has 0 fully saturated rings. The molecule has 0 N–H and O–H groups in total. The lowest BCUT2D eigenvalue weighted by Crippen LogP contribution is -2.20. The van der Waals surface area contributed by atoms with Crippen LogP contribution < -0.4 is 9.80 Å². The number of fused-ring (bicyclic) bond motifs is 2. The minimum Gasteiger partial charge on any atom is -0.372 e. The lowest BCUT2D eigenvalue weighted by molar-refractivity contribution is 0.896. The van der Waals surface area contributed by atoms with E-state index in [2.05, 4.69) is 60.3 Å². The second-order valence-electron chi connectivity index (χ2n) is 9.36. The Morgan fingerprint density at radius 1 is 0.553 bits per heavy atom. The Morgan fingerprint density at radius 3 is 1.34 bits per heavy atom. The Bertz CT molecular complexity index is 1350. The van der Waals surface area contributed by atoms with Gasteiger partial charge in [0.15, 0.2) is 0 Å². The van der Waals surface area contributed by atoms with Gasteiger partial charge in [-0.05, 0) is 36.4 Å². The van der Waals surface area contributed by atoms with Crippen molar-refractivity contribution in [3.63, 3.8) is 0 Å². The van der Waals surface area contributed by atoms with Crippen molar-refractivity contribution in [2.75, 3.05) is 50.1 Å². The third-order valence-corrected chi connectivity index (χ3v) is 7.23. The number of hydrogen-bond acceptors (Lipinski definition) is 4. The average Bonchev–Trinajstić information content (AvgIpc) is 3.20. The molecule has 0 amide bonds. The molecule has 0 bridgehead atoms. The van der Waals surface area contributed by atoms with E-state index in [-0.39, 0.29) is 0 Å². The van der Waals surface area contributed by atoms with Crippen molar-refractivity contribution in [1.29, 1.82) is 0 Å². The largest absolute Gasteiger partial charge is 0.372 e. The summed E-state index contributed by atoms with van der Waals surface area (Å²) in [6, 6.07) is 32.6. The third kappa shape index (κ3) is 5.77. The molecule has 38 heavy (non-hydrogen) atoms. The van der Waals surface area contributed by atoms with Gasteiger partial charge < -0.3 is 9.80 Å². The first kappa shape index (κ1) is 26.0. The zero-order valence-corrected chi connectivity index (χ0v) is 23.1. The number of nitrogens with zero attached hydrogens (tertiary/aromatic N) is 4. The maximum atomic E-state index is 6.16. The van der Waals surface area contributed by atoms with Gasteiger partial charge in [-0.2, -0.15) is 0 Å². The highest BCUT2D eigenvalue weighted by Crippen LogP contribution is 2.29. The highest BCUT2D eigenvalue weighted by Gasteiger charge is 2.19. The second kappa shape index (κ2) is 11.8. The van der Waals surface area contributed by atoms with Crippen LogP contribution in [0, 0.1) is 0 Å². The summed E-state index contributed by atoms with van der Waals surface area (Å²) in [5.41, 5.74) is 8.93. The van der Waals surface area contributed by atoms with Gasteiger partial charge in [0.25, 0.3) is 0 Å². The van der Waals surface area contributed by atoms with Gasteiger partial charge in [-0.25, -0.2) is 0 Å². The molecule has 6 rings (SSSR count). The van der Waals surface area contributed by atoms with E-state index in [1.54, 1.807) is 0 Å². The van der Waals surface area contributed by atoms with Crippen LogP contribution in [0.2, 0.25) is 10.0 Å². The highest BCUT2D eigenvalue weighted by atomic mass is 35.5. The molecule has 2 heterocycles. The molecule has 0 aliphatic carbocycles. The minimum atomic E-state index is 0.748. The molecule has 0 saturated carbocycles. The molecule has 0 radical (unpaired) electrons. The van der Waals surface area contributed by atoms with Crippen LogP contribution in [-0.2, 0) is 0 Å². The maximum absolute atomic E-state index is 6.16. The Balaban J connectivity index is 0.000000155. The Morgan fingerprint density at radius 2 is 0.947 bits per heavy atom. The molecule has 4 nitrogen and oxygen atoms in total. The number of benzodiazepines with no additional fused rings is 2. The van der Waals surface area contributed by atoms with Gasteiger partial charge in [-0.1, -0.05) is 83.9 Å². The van der Waals surface area contributed by atoms with Crippen LogP contribution in [0.25, 0.3) is 0 Å². The van der Waals surface area contributed by atoms with Crippen molar-refractivity contribution < 1.29 is 0 Å². The Kier molecular flexibility index (Phi) is 8.11. The third-order valence-electron chi connectivity index (χ3n) is 6.76. The van der Waals surface area contributed by atoms with Gasteiger partial charge in [0, 0.05) is 70.9 Å². The monoisotopic (exact) mass is 540 g/mol. The summed E-state index contributed by atoms with van der Waals surface area (Å²) < 4.78 is 0. The standard InChI is InChI=1S/2C16H15ClN2/c2*1-19-10-9-18-16(12-5-3-2-4-6-12)14-11-13(17)7-8-15(14)19/h2*2-8,11H,9-10H2,1H3. The second-order valence-corrected chi connectivity index (χ2v) is 10.2. The fraction of sp³-hybridized carbons (Fsp3) is 0.188. The molecule has 4 aromatic carbocycles. The van der Waals surface area contributed by atoms with Crippen molar-refractivity contribution in [1.82, 2.24) is 0 Å². The summed E-state index contributed by atoms with van der Waals surface area (Å²) in [6.45, 7) is 3.44. The lowest BCUT2D eigenvalue weighted by atomic mass is 10.0. The van der Waals surface area contributed by atoms with Crippen LogP contribution in [0.1, 0.15) is 22.3 Å². The van der Waals surface area contributed by atoms with Gasteiger partial charge >= 0.3 is 0 Å². The number of benzene rings is 4. The summed E-state index contributed by atoms with van der Waals surface area (Å²) >= 11 is 12.3. The van der Waals surface area contributed by atoms with Gasteiger partial charge in [0.05, 0.1) is 24.5 Å². The van der Waals surface area contributed by atoms with Gasteiger partial charge in [-0.3, -0.25) is 9.98 Å². The summed E-state index contributed by atoms with van der Waals surface area (Å²) in [5, 5.41) is 1.50. The normalized spacial score (nSPS) is 14.6. The van der Waals surface area contributed by atoms with Crippen molar-refractivity contribution in [2.24, 2.45) is 9.98 Å². The van der Waals surface area contributed by atoms with Crippen molar-refractivity contribution in [2.45, 2.75) is 0 Å². The van der Waals surface area contributed by atoms with E-state index in [0.29, 0.717) is 0 Å². The molecule has 0 atom stereocenters. The number of aliphatic imine (C=N–C) groups is 2. The minimum absolute atomic E-state index is 0.748. The van der Waals surface area contributed by atoms with E-state index in [4.69, 9.17) is 33.2 Å². The number of likely N-dealkylation sites (N-methyl/N-ethyl adjacent to an activating group) is 2. The number of halogens is 2. The van der Waals surface area contributed by atoms with E-state index in [9.17, 15) is 0 Å². The van der Waals surface area contributed by atoms with E-state index in [1.807, 2.05) is 60.7 Å². The SMILES string of the molecule is CN1CCN=C(c2ccccc2)c2cc(Cl)ccc21.CN1CCN=C(c2ccccc2)c2cc(Cl)ccc21. The van der Waals surface area contributed by atoms with E-state index < -0.39 is 0 Å². The first-order valence-corrected chi connectivity index (χ1v) is 13.5. The summed E-state index contributed by atoms with van der Waals surface area (Å²) in [7, 11) is 4.19. The fourth-order valence-corrected chi connectivity index (χ4v) is 5.13. The van der Waals surface area contributed by atoms with E-state index >= 15 is 0 Å². The maximum Gasteiger partial charge on any atom is 0.0741 e. The predicted molar refractivity (Wildman–Crippen MR) is 163 cm³/mol. The van der Waals surface area contributed by atoms with E-state index in [0.717, 1.165) is 69.9 Å². The van der Waals surface area contributed by atoms with Crippen molar-refractivity contribution in [3.8, 4) is 0 Å². The van der Waals surface area contributed by atoms with Crippen LogP contribution in [0.5, 0.6) is 0 Å². The first-order chi connectivity index (χ1) is 18.5. The molecular formula is C32H30Cl2N4. The molecule has 2 aliphatic rings. The first-order valence-electron chi connectivity index (χ1n) is 12.7. The van der Waals surface area contributed by atoms with Crippen LogP contribution in [-0.4, -0.2) is 51.7 Å². The van der Waals surface area contributed by atoms with Crippen LogP contribution in [0.4, 0.5) is 11.4 Å². The average molecular weight is 542 g/mol. The zero-order valence-electron chi connectivity index (χ0n) is 21.6. The molecule has 2 aliphatic heterocycles. The molecule has 4 aromatic rings. The van der Waals surface area contributed by atoms with Crippen LogP contribution in [0.15, 0.2) is 107 Å². The number of anilines is 2. The Hall–Kier alpha value is -3.60. The van der Waals surface area contributed by atoms with Crippen molar-refractivity contribution >= 4 is 46.0 Å². The molecular weight excluding hydrogens is 511 g/mol. The van der Waals surface area contributed by atoms with Crippen molar-refractivity contribution in [3.05, 3.63) is 129 Å². The van der Waals surface area contributed by atoms with E-state index in [1.165, 1.54) is 11.4 Å². The topological polar surface area (TPSA) is 31.2 Å². The molecule has 0 spiro atoms. The molecule has 192 valence electrons. The molecule has 0 saturated heterocycles. The van der Waals surface area contributed by atoms with Gasteiger partial charge in [0.1, 0.15) is 0 Å². The Labute approximate surface area is 234 Å². The quantitative estimate of drug-likeness (QED) is 0.268. The highest BCUT2D eigenvalue weighted by molar-refractivity contribution is 6.32. The molecule has 0 unspecified atom stereocenters. The summed E-state index contributed by atoms with van der Waals surface area (Å²) in [6.07, 6.45) is 0. The van der Waals surface area contributed by atoms with Gasteiger partial charge in [0.2, 0.25) is 0 Å². The molecule has 0 aromatic heterocycles. The fourth-order valence-electron chi connectivity index (χ4n) is 4.78. The lowest BCUT2D eigenvalue weighted by Gasteiger charge is -2.19. The van der Waals surface area contributed by atoms with Gasteiger partial charge in [-0.15, -0.1) is 0 Å². The van der Waals surface area contributed by atoms with Crippen LogP contribution in [0.3, 0.4) is 0 Å². The molecule has 6 heteroatoms. The number of hydrogen-bond donors (Lipinski definition) is 0. The number of rotatable bonds is 2. The van der Waals surface area contributed by atoms with Crippen LogP contribution >= 0.6 is 23.2 Å². The smallest absolute Gasteiger partial charge is 0.0741 e. The summed E-state index contributed by atoms with van der Waals surface area (Å²) in [5.74, 6) is 0. The predicted octanol–water partition coefficient (Wildman–Crippen LogP) is 7.25. The zero-order chi connectivity index (χ0) is 26.5. The summed E-state index contributed by atoms with van der Waals surface area (Å²) in [4.78, 5) is 13.9.